The third kappa shape index (κ3) is 6.22. The average molecular weight is 632 g/mol. The number of hydrogen-bond donors (Lipinski definition) is 3. The molecule has 234 valence electrons. The van der Waals surface area contributed by atoms with Crippen LogP contribution in [0.5, 0.6) is 17.2 Å². The third-order valence-corrected chi connectivity index (χ3v) is 8.89. The van der Waals surface area contributed by atoms with Gasteiger partial charge in [-0.2, -0.15) is 0 Å². The Labute approximate surface area is 263 Å². The van der Waals surface area contributed by atoms with Gasteiger partial charge >= 0.3 is 6.03 Å². The van der Waals surface area contributed by atoms with Crippen LogP contribution >= 0.6 is 11.3 Å². The van der Waals surface area contributed by atoms with Crippen molar-refractivity contribution in [2.75, 3.05) is 44.2 Å². The van der Waals surface area contributed by atoms with E-state index in [1.165, 1.54) is 16.2 Å². The summed E-state index contributed by atoms with van der Waals surface area (Å²) in [5.74, 6) is 0.319. The number of thiazole rings is 1. The summed E-state index contributed by atoms with van der Waals surface area (Å²) in [6.07, 6.45) is -0.585. The molecule has 0 unspecified atom stereocenters. The van der Waals surface area contributed by atoms with E-state index >= 15 is 0 Å². The summed E-state index contributed by atoms with van der Waals surface area (Å²) >= 11 is 1.26. The molecule has 0 aliphatic carbocycles. The number of amides is 4. The number of carbonyl (C=O) groups is 3. The van der Waals surface area contributed by atoms with E-state index in [0.29, 0.717) is 28.4 Å². The minimum Gasteiger partial charge on any atom is -0.485 e. The molecule has 0 saturated carbocycles. The largest absolute Gasteiger partial charge is 0.485 e. The molecule has 13 heteroatoms. The highest BCUT2D eigenvalue weighted by atomic mass is 32.1. The summed E-state index contributed by atoms with van der Waals surface area (Å²) < 4.78 is 18.2. The molecule has 3 atom stereocenters. The fourth-order valence-electron chi connectivity index (χ4n) is 5.25. The number of aliphatic hydroxyl groups excluding tert-OH is 1. The molecule has 0 saturated heterocycles. The summed E-state index contributed by atoms with van der Waals surface area (Å²) in [6.45, 7) is 4.03. The van der Waals surface area contributed by atoms with Crippen molar-refractivity contribution in [3.8, 4) is 17.2 Å². The van der Waals surface area contributed by atoms with E-state index in [1.807, 2.05) is 31.2 Å². The summed E-state index contributed by atoms with van der Waals surface area (Å²) in [7, 11) is 1.65. The van der Waals surface area contributed by atoms with Crippen molar-refractivity contribution < 1.29 is 33.7 Å². The van der Waals surface area contributed by atoms with Crippen molar-refractivity contribution in [1.29, 1.82) is 0 Å². The molecule has 0 fully saturated rings. The van der Waals surface area contributed by atoms with Crippen LogP contribution in [0.2, 0.25) is 0 Å². The smallest absolute Gasteiger partial charge is 0.321 e. The zero-order chi connectivity index (χ0) is 31.7. The number of nitrogens with one attached hydrogen (secondary N) is 2. The van der Waals surface area contributed by atoms with Crippen LogP contribution in [-0.4, -0.2) is 83.4 Å². The lowest BCUT2D eigenvalue weighted by Crippen LogP contribution is -2.50. The van der Waals surface area contributed by atoms with Crippen LogP contribution in [0.1, 0.15) is 34.0 Å². The Morgan fingerprint density at radius 2 is 1.91 bits per heavy atom. The van der Waals surface area contributed by atoms with E-state index < -0.39 is 18.1 Å². The van der Waals surface area contributed by atoms with Gasteiger partial charge in [-0.1, -0.05) is 25.1 Å². The Kier molecular flexibility index (Phi) is 8.46. The maximum atomic E-state index is 13.8. The van der Waals surface area contributed by atoms with E-state index in [0.717, 1.165) is 4.70 Å². The van der Waals surface area contributed by atoms with Crippen LogP contribution in [0.15, 0.2) is 60.7 Å². The van der Waals surface area contributed by atoms with Gasteiger partial charge in [0.1, 0.15) is 6.10 Å². The minimum atomic E-state index is -0.585. The minimum absolute atomic E-state index is 0.127. The second-order valence-electron chi connectivity index (χ2n) is 11.1. The molecule has 3 aromatic carbocycles. The van der Waals surface area contributed by atoms with E-state index in [2.05, 4.69) is 15.6 Å². The fourth-order valence-corrected chi connectivity index (χ4v) is 6.11. The van der Waals surface area contributed by atoms with Crippen molar-refractivity contribution in [2.24, 2.45) is 5.92 Å². The molecule has 1 aromatic heterocycles. The predicted octanol–water partition coefficient (Wildman–Crippen LogP) is 4.66. The van der Waals surface area contributed by atoms with Gasteiger partial charge in [0.2, 0.25) is 6.79 Å². The highest BCUT2D eigenvalue weighted by Gasteiger charge is 2.35. The number of aliphatic hydroxyl groups is 1. The molecule has 0 spiro atoms. The molecule has 0 radical (unpaired) electrons. The molecule has 45 heavy (non-hydrogen) atoms. The van der Waals surface area contributed by atoms with E-state index in [-0.39, 0.29) is 60.7 Å². The number of fused-ring (bicyclic) bond motifs is 3. The van der Waals surface area contributed by atoms with Crippen molar-refractivity contribution in [1.82, 2.24) is 14.8 Å². The summed E-state index contributed by atoms with van der Waals surface area (Å²) in [5, 5.41) is 16.0. The van der Waals surface area contributed by atoms with Crippen molar-refractivity contribution in [3.05, 3.63) is 71.2 Å². The number of likely N-dealkylation sites (N-methyl/N-ethyl adjacent to an activating group) is 1. The number of anilines is 2. The summed E-state index contributed by atoms with van der Waals surface area (Å²) in [6, 6.07) is 16.7. The van der Waals surface area contributed by atoms with Gasteiger partial charge in [-0.25, -0.2) is 9.78 Å². The lowest BCUT2D eigenvalue weighted by molar-refractivity contribution is 0.0372. The second kappa shape index (κ2) is 12.6. The molecule has 12 nitrogen and oxygen atoms in total. The number of nitrogens with zero attached hydrogens (tertiary/aromatic N) is 3. The van der Waals surface area contributed by atoms with Crippen molar-refractivity contribution in [3.63, 3.8) is 0 Å². The molecule has 0 bridgehead atoms. The van der Waals surface area contributed by atoms with Crippen molar-refractivity contribution >= 4 is 50.8 Å². The number of rotatable bonds is 7. The first-order chi connectivity index (χ1) is 21.7. The first kappa shape index (κ1) is 30.2. The topological polar surface area (TPSA) is 143 Å². The molecule has 3 heterocycles. The SMILES string of the molecule is C[C@H](CO)N1C[C@H](C)[C@H](CN(C)C(=O)Nc2ccc3c(c2)OCO3)Oc2c(NC(=O)c3nc4ccccc4s3)cccc2C1=O. The van der Waals surface area contributed by atoms with Gasteiger partial charge in [0, 0.05) is 31.3 Å². The van der Waals surface area contributed by atoms with E-state index in [4.69, 9.17) is 14.2 Å². The molecule has 3 N–H and O–H groups in total. The Bertz CT molecular complexity index is 1730. The Hall–Kier alpha value is -4.88. The normalized spacial score (nSPS) is 18.0. The Morgan fingerprint density at radius 1 is 1.11 bits per heavy atom. The number of para-hydroxylation sites is 2. The zero-order valence-corrected chi connectivity index (χ0v) is 25.8. The first-order valence-electron chi connectivity index (χ1n) is 14.5. The van der Waals surface area contributed by atoms with Crippen LogP contribution in [0.25, 0.3) is 10.2 Å². The highest BCUT2D eigenvalue weighted by molar-refractivity contribution is 7.20. The Balaban J connectivity index is 1.27. The lowest BCUT2D eigenvalue weighted by Gasteiger charge is -2.38. The van der Waals surface area contributed by atoms with Crippen LogP contribution in [0.3, 0.4) is 0 Å². The molecule has 4 aromatic rings. The van der Waals surface area contributed by atoms with E-state index in [1.54, 1.807) is 55.3 Å². The number of aromatic nitrogens is 1. The zero-order valence-electron chi connectivity index (χ0n) is 25.0. The molecule has 6 rings (SSSR count). The summed E-state index contributed by atoms with van der Waals surface area (Å²) in [5.41, 5.74) is 1.79. The van der Waals surface area contributed by atoms with Crippen LogP contribution < -0.4 is 24.8 Å². The fraction of sp³-hybridized carbons (Fsp3) is 0.312. The van der Waals surface area contributed by atoms with E-state index in [9.17, 15) is 19.5 Å². The monoisotopic (exact) mass is 631 g/mol. The molecular formula is C32H33N5O7S. The van der Waals surface area contributed by atoms with Crippen molar-refractivity contribution in [2.45, 2.75) is 26.0 Å². The number of benzene rings is 3. The molecule has 2 aliphatic rings. The van der Waals surface area contributed by atoms with Gasteiger partial charge in [0.25, 0.3) is 11.8 Å². The summed E-state index contributed by atoms with van der Waals surface area (Å²) in [4.78, 5) is 47.9. The average Bonchev–Trinajstić information content (AvgIpc) is 3.69. The maximum absolute atomic E-state index is 13.8. The Morgan fingerprint density at radius 3 is 2.71 bits per heavy atom. The van der Waals surface area contributed by atoms with Gasteiger partial charge in [0.15, 0.2) is 22.3 Å². The van der Waals surface area contributed by atoms with Crippen LogP contribution in [0, 0.1) is 5.92 Å². The van der Waals surface area contributed by atoms with Gasteiger partial charge < -0.3 is 39.8 Å². The second-order valence-corrected chi connectivity index (χ2v) is 12.2. The quantitative estimate of drug-likeness (QED) is 0.267. The maximum Gasteiger partial charge on any atom is 0.321 e. The highest BCUT2D eigenvalue weighted by Crippen LogP contribution is 2.36. The number of ether oxygens (including phenoxy) is 3. The number of hydrogen-bond acceptors (Lipinski definition) is 9. The standard InChI is InChI=1S/C32H33N5O7S/c1-18-14-37(19(2)16-38)31(40)21-7-6-9-23(34-29(39)30-35-22-8-4-5-10-27(22)45-30)28(21)44-26(18)15-36(3)32(41)33-20-11-12-24-25(13-20)43-17-42-24/h4-13,18-19,26,38H,14-17H2,1-3H3,(H,33,41)(H,34,39)/t18-,19+,26-/m0/s1. The first-order valence-corrected chi connectivity index (χ1v) is 15.3. The predicted molar refractivity (Wildman–Crippen MR) is 169 cm³/mol. The van der Waals surface area contributed by atoms with Crippen LogP contribution in [-0.2, 0) is 0 Å². The van der Waals surface area contributed by atoms with Gasteiger partial charge in [0.05, 0.1) is 40.7 Å². The third-order valence-electron chi connectivity index (χ3n) is 7.85. The molecular weight excluding hydrogens is 598 g/mol. The van der Waals surface area contributed by atoms with Crippen LogP contribution in [0.4, 0.5) is 16.2 Å². The lowest BCUT2D eigenvalue weighted by atomic mass is 9.99. The van der Waals surface area contributed by atoms with Gasteiger partial charge in [-0.15, -0.1) is 11.3 Å². The molecule has 2 aliphatic heterocycles. The number of carbonyl (C=O) groups excluding carboxylic acids is 3. The molecule has 4 amide bonds. The van der Waals surface area contributed by atoms with Gasteiger partial charge in [-0.3, -0.25) is 9.59 Å². The number of urea groups is 1. The van der Waals surface area contributed by atoms with Gasteiger partial charge in [-0.05, 0) is 43.3 Å².